The predicted octanol–water partition coefficient (Wildman–Crippen LogP) is 10.4. The topological polar surface area (TPSA) is 92.1 Å². The number of imidazole rings is 1. The van der Waals surface area contributed by atoms with Crippen LogP contribution in [0.5, 0.6) is 0 Å². The van der Waals surface area contributed by atoms with E-state index >= 15 is 0 Å². The minimum Gasteiger partial charge on any atom is -0.308 e. The first-order chi connectivity index (χ1) is 29.0. The summed E-state index contributed by atoms with van der Waals surface area (Å²) in [6, 6.07) is 45.2. The minimum absolute atomic E-state index is 0.365. The summed E-state index contributed by atoms with van der Waals surface area (Å²) in [5.41, 5.74) is 13.6. The van der Waals surface area contributed by atoms with Gasteiger partial charge in [0.2, 0.25) is 5.82 Å². The second kappa shape index (κ2) is 15.5. The quantitative estimate of drug-likeness (QED) is 0.0818. The van der Waals surface area contributed by atoms with Crippen LogP contribution in [-0.2, 0) is 18.5 Å². The van der Waals surface area contributed by atoms with E-state index in [9.17, 15) is 0 Å². The van der Waals surface area contributed by atoms with Crippen molar-refractivity contribution < 1.29 is 0 Å². The van der Waals surface area contributed by atoms with Gasteiger partial charge in [0.25, 0.3) is 0 Å². The van der Waals surface area contributed by atoms with Crippen molar-refractivity contribution in [2.75, 3.05) is 0 Å². The van der Waals surface area contributed by atoms with E-state index in [1.807, 2.05) is 84.4 Å². The van der Waals surface area contributed by atoms with Crippen LogP contribution in [0, 0.1) is 25.3 Å². The van der Waals surface area contributed by atoms with Gasteiger partial charge in [0.15, 0.2) is 11.2 Å². The number of nitrogens with zero attached hydrogens (tertiary/aromatic N) is 9. The molecule has 4 aromatic heterocycles. The van der Waals surface area contributed by atoms with Gasteiger partial charge in [-0.1, -0.05) is 147 Å². The fraction of sp³-hybridized carbons (Fsp3) is 0.184. The van der Waals surface area contributed by atoms with Gasteiger partial charge in [-0.05, 0) is 77.2 Å². The van der Waals surface area contributed by atoms with Crippen LogP contribution in [0.3, 0.4) is 0 Å². The molecule has 0 N–H and O–H groups in total. The maximum Gasteiger partial charge on any atom is 0.208 e. The fourth-order valence-electron chi connectivity index (χ4n) is 8.09. The molecule has 0 aliphatic heterocycles. The molecule has 0 unspecified atom stereocenters. The maximum absolute atomic E-state index is 7.19. The smallest absolute Gasteiger partial charge is 0.208 e. The Morgan fingerprint density at radius 2 is 1.38 bits per heavy atom. The summed E-state index contributed by atoms with van der Waals surface area (Å²) in [7, 11) is -1.83. The van der Waals surface area contributed by atoms with Gasteiger partial charge in [0, 0.05) is 17.5 Å². The highest BCUT2D eigenvalue weighted by molar-refractivity contribution is 6.83. The number of fused-ring (bicyclic) bond motifs is 2. The first-order valence-corrected chi connectivity index (χ1v) is 24.1. The van der Waals surface area contributed by atoms with E-state index < -0.39 is 13.6 Å². The molecule has 60 heavy (non-hydrogen) atoms. The molecule has 296 valence electrons. The summed E-state index contributed by atoms with van der Waals surface area (Å²) in [5.74, 6) is 4.96. The van der Waals surface area contributed by atoms with Gasteiger partial charge in [-0.15, -0.1) is 20.5 Å². The summed E-state index contributed by atoms with van der Waals surface area (Å²) in [4.78, 5) is 11.6. The molecule has 0 aliphatic rings. The Bertz CT molecular complexity index is 2980. The summed E-state index contributed by atoms with van der Waals surface area (Å²) in [5, 5.41) is 21.5. The summed E-state index contributed by atoms with van der Waals surface area (Å²) < 4.78 is 4.14. The number of aryl methyl sites for hydroxylation is 3. The van der Waals surface area contributed by atoms with Gasteiger partial charge in [-0.2, -0.15) is 5.10 Å². The molecule has 0 atom stereocenters. The third-order valence-corrected chi connectivity index (χ3v) is 12.0. The molecule has 9 aromatic rings. The average Bonchev–Trinajstić information content (AvgIpc) is 3.97. The van der Waals surface area contributed by atoms with Gasteiger partial charge < -0.3 is 4.57 Å². The zero-order valence-electron chi connectivity index (χ0n) is 34.5. The Morgan fingerprint density at radius 1 is 0.733 bits per heavy atom. The Kier molecular flexibility index (Phi) is 10.0. The van der Waals surface area contributed by atoms with Crippen LogP contribution < -0.4 is 0 Å². The van der Waals surface area contributed by atoms with Crippen molar-refractivity contribution in [3.05, 3.63) is 184 Å². The molecule has 5 aromatic carbocycles. The molecule has 0 radical (unpaired) electrons. The molecule has 4 heterocycles. The maximum atomic E-state index is 7.19. The average molecular weight is 822 g/mol. The van der Waals surface area contributed by atoms with Crippen molar-refractivity contribution in [1.82, 2.24) is 44.5 Å². The van der Waals surface area contributed by atoms with Crippen LogP contribution in [0.1, 0.15) is 52.0 Å². The van der Waals surface area contributed by atoms with Crippen molar-refractivity contribution in [3.8, 4) is 28.5 Å². The number of hydrogen-bond acceptors (Lipinski definition) is 6. The van der Waals surface area contributed by atoms with Crippen molar-refractivity contribution >= 4 is 41.7 Å². The molecular formula is C49H44ClN9Si. The highest BCUT2D eigenvalue weighted by atomic mass is 35.5. The Morgan fingerprint density at radius 3 is 2.00 bits per heavy atom. The van der Waals surface area contributed by atoms with E-state index in [1.54, 1.807) is 4.80 Å². The molecule has 0 fully saturated rings. The lowest BCUT2D eigenvalue weighted by atomic mass is 9.77. The molecular weight excluding hydrogens is 778 g/mol. The molecule has 9 rings (SSSR count). The third kappa shape index (κ3) is 6.89. The molecule has 0 aliphatic carbocycles. The zero-order valence-corrected chi connectivity index (χ0v) is 36.3. The van der Waals surface area contributed by atoms with E-state index in [1.165, 1.54) is 0 Å². The number of pyridine rings is 1. The molecule has 11 heteroatoms. The lowest BCUT2D eigenvalue weighted by molar-refractivity contribution is 0.396. The van der Waals surface area contributed by atoms with Crippen LogP contribution in [0.4, 0.5) is 0 Å². The number of rotatable bonds is 9. The van der Waals surface area contributed by atoms with Gasteiger partial charge in [-0.25, -0.2) is 14.6 Å². The van der Waals surface area contributed by atoms with Gasteiger partial charge >= 0.3 is 0 Å². The molecule has 0 bridgehead atoms. The van der Waals surface area contributed by atoms with Gasteiger partial charge in [0.05, 0.1) is 28.3 Å². The SMILES string of the molecule is CCc1nc2c(C)cc(C)nc2n1Cc1ccc2nn(-c3cccc(Cl)c3-c3nnn(C(c4ccccc4)(c4ccccc4)c4ccccc4)n3)c(C#C[Si](C)(C)C)c2c1. The van der Waals surface area contributed by atoms with E-state index in [0.29, 0.717) is 28.6 Å². The largest absolute Gasteiger partial charge is 0.308 e. The van der Waals surface area contributed by atoms with Crippen molar-refractivity contribution in [2.24, 2.45) is 0 Å². The molecule has 0 saturated heterocycles. The van der Waals surface area contributed by atoms with Crippen LogP contribution >= 0.6 is 11.6 Å². The Hall–Kier alpha value is -6.67. The molecule has 0 amide bonds. The lowest BCUT2D eigenvalue weighted by Gasteiger charge is -2.34. The number of benzene rings is 5. The standard InChI is InChI=1S/C49H44ClN9Si/c1-7-44-52-46-33(2)30-34(3)51-48(46)57(44)32-35-26-27-41-39(31-35)42(28-29-60(4,5)6)58(54-41)43-25-17-24-40(50)45(43)47-53-56-59(55-47)49(36-18-11-8-12-19-36,37-20-13-9-14-21-37)38-22-15-10-16-23-38/h8-27,30-31H,7,32H2,1-6H3. The minimum atomic E-state index is -1.83. The second-order valence-electron chi connectivity index (χ2n) is 16.2. The Balaban J connectivity index is 1.22. The van der Waals surface area contributed by atoms with Crippen molar-refractivity contribution in [3.63, 3.8) is 0 Å². The third-order valence-electron chi connectivity index (χ3n) is 10.8. The highest BCUT2D eigenvalue weighted by Crippen LogP contribution is 2.41. The van der Waals surface area contributed by atoms with Crippen molar-refractivity contribution in [1.29, 1.82) is 0 Å². The predicted molar refractivity (Wildman–Crippen MR) is 243 cm³/mol. The summed E-state index contributed by atoms with van der Waals surface area (Å²) >= 11 is 7.19. The first kappa shape index (κ1) is 38.8. The lowest BCUT2D eigenvalue weighted by Crippen LogP contribution is -2.39. The number of halogens is 1. The second-order valence-corrected chi connectivity index (χ2v) is 21.3. The first-order valence-electron chi connectivity index (χ1n) is 20.2. The monoisotopic (exact) mass is 821 g/mol. The highest BCUT2D eigenvalue weighted by Gasteiger charge is 2.41. The van der Waals surface area contributed by atoms with E-state index in [4.69, 9.17) is 42.1 Å². The molecule has 0 spiro atoms. The number of aromatic nitrogens is 9. The van der Waals surface area contributed by atoms with E-state index in [2.05, 4.69) is 110 Å². The summed E-state index contributed by atoms with van der Waals surface area (Å²) in [6.45, 7) is 13.6. The van der Waals surface area contributed by atoms with E-state index in [0.717, 1.165) is 73.5 Å². The Labute approximate surface area is 355 Å². The number of tetrazole rings is 1. The van der Waals surface area contributed by atoms with E-state index in [-0.39, 0.29) is 0 Å². The van der Waals surface area contributed by atoms with Gasteiger partial charge in [0.1, 0.15) is 25.1 Å². The van der Waals surface area contributed by atoms with Crippen LogP contribution in [-0.4, -0.2) is 52.6 Å². The zero-order chi connectivity index (χ0) is 41.6. The van der Waals surface area contributed by atoms with Crippen molar-refractivity contribution in [2.45, 2.75) is 58.9 Å². The number of hydrogen-bond donors (Lipinski definition) is 0. The fourth-order valence-corrected chi connectivity index (χ4v) is 8.84. The summed E-state index contributed by atoms with van der Waals surface area (Å²) in [6.07, 6.45) is 0.793. The van der Waals surface area contributed by atoms with Crippen LogP contribution in [0.25, 0.3) is 39.1 Å². The molecule has 9 nitrogen and oxygen atoms in total. The van der Waals surface area contributed by atoms with Gasteiger partial charge in [-0.3, -0.25) is 0 Å². The van der Waals surface area contributed by atoms with Crippen LogP contribution in [0.15, 0.2) is 133 Å². The normalized spacial score (nSPS) is 11.9. The van der Waals surface area contributed by atoms with Crippen LogP contribution in [0.2, 0.25) is 24.7 Å². The molecule has 0 saturated carbocycles.